The van der Waals surface area contributed by atoms with Gasteiger partial charge in [-0.15, -0.1) is 0 Å². The number of fused-ring (bicyclic) bond motifs is 9. The molecule has 0 aliphatic heterocycles. The fraction of sp³-hybridized carbons (Fsp3) is 0.0588. The summed E-state index contributed by atoms with van der Waals surface area (Å²) >= 11 is 0. The van der Waals surface area contributed by atoms with E-state index in [4.69, 9.17) is 0 Å². The topological polar surface area (TPSA) is 3.24 Å². The molecule has 1 aliphatic rings. The summed E-state index contributed by atoms with van der Waals surface area (Å²) in [6.07, 6.45) is 0. The Hall–Kier alpha value is -6.44. The van der Waals surface area contributed by atoms with Crippen LogP contribution in [-0.2, 0) is 5.41 Å². The molecule has 246 valence electrons. The molecule has 1 heteroatoms. The quantitative estimate of drug-likeness (QED) is 0.166. The third kappa shape index (κ3) is 4.70. The largest absolute Gasteiger partial charge is 0.310 e. The van der Waals surface area contributed by atoms with Gasteiger partial charge in [0.15, 0.2) is 0 Å². The highest BCUT2D eigenvalue weighted by atomic mass is 15.1. The van der Waals surface area contributed by atoms with Gasteiger partial charge < -0.3 is 4.90 Å². The smallest absolute Gasteiger partial charge is 0.0468 e. The Morgan fingerprint density at radius 3 is 1.44 bits per heavy atom. The van der Waals surface area contributed by atoms with Gasteiger partial charge in [0, 0.05) is 22.5 Å². The van der Waals surface area contributed by atoms with Crippen LogP contribution in [-0.4, -0.2) is 0 Å². The van der Waals surface area contributed by atoms with E-state index in [1.165, 1.54) is 76.8 Å². The Labute approximate surface area is 305 Å². The van der Waals surface area contributed by atoms with E-state index in [9.17, 15) is 0 Å². The van der Waals surface area contributed by atoms with Crippen molar-refractivity contribution in [3.8, 4) is 33.4 Å². The molecule has 9 aromatic rings. The van der Waals surface area contributed by atoms with Crippen LogP contribution in [0.1, 0.15) is 25.0 Å². The first-order valence-electron chi connectivity index (χ1n) is 18.2. The number of benzene rings is 9. The summed E-state index contributed by atoms with van der Waals surface area (Å²) in [5, 5.41) is 7.67. The lowest BCUT2D eigenvalue weighted by Gasteiger charge is -2.27. The summed E-state index contributed by atoms with van der Waals surface area (Å²) in [5.41, 5.74) is 13.8. The normalized spacial score (nSPS) is 13.0. The Morgan fingerprint density at radius 2 is 0.788 bits per heavy atom. The third-order valence-corrected chi connectivity index (χ3v) is 11.2. The number of anilines is 3. The predicted octanol–water partition coefficient (Wildman–Crippen LogP) is 14.3. The highest BCUT2D eigenvalue weighted by molar-refractivity contribution is 6.25. The highest BCUT2D eigenvalue weighted by Crippen LogP contribution is 2.52. The van der Waals surface area contributed by atoms with Gasteiger partial charge in [-0.25, -0.2) is 0 Å². The molecule has 0 atom stereocenters. The van der Waals surface area contributed by atoms with Crippen molar-refractivity contribution >= 4 is 49.4 Å². The molecule has 10 rings (SSSR count). The zero-order valence-electron chi connectivity index (χ0n) is 29.3. The first kappa shape index (κ1) is 30.4. The van der Waals surface area contributed by atoms with Crippen LogP contribution in [0.3, 0.4) is 0 Å². The van der Waals surface area contributed by atoms with Gasteiger partial charge in [-0.2, -0.15) is 0 Å². The van der Waals surface area contributed by atoms with E-state index in [-0.39, 0.29) is 5.41 Å². The Kier molecular flexibility index (Phi) is 6.91. The first-order valence-corrected chi connectivity index (χ1v) is 18.2. The monoisotopic (exact) mass is 663 g/mol. The van der Waals surface area contributed by atoms with Crippen molar-refractivity contribution in [1.82, 2.24) is 0 Å². The van der Waals surface area contributed by atoms with E-state index in [1.54, 1.807) is 0 Å². The molecule has 0 N–H and O–H groups in total. The lowest BCUT2D eigenvalue weighted by atomic mass is 9.79. The van der Waals surface area contributed by atoms with E-state index in [1.807, 2.05) is 0 Å². The van der Waals surface area contributed by atoms with Crippen LogP contribution in [0, 0.1) is 0 Å². The van der Waals surface area contributed by atoms with E-state index >= 15 is 0 Å². The molecule has 9 aromatic carbocycles. The van der Waals surface area contributed by atoms with E-state index < -0.39 is 0 Å². The zero-order chi connectivity index (χ0) is 34.8. The summed E-state index contributed by atoms with van der Waals surface area (Å²) < 4.78 is 0. The summed E-state index contributed by atoms with van der Waals surface area (Å²) in [7, 11) is 0. The molecule has 0 radical (unpaired) electrons. The Bertz CT molecular complexity index is 2760. The van der Waals surface area contributed by atoms with Gasteiger partial charge in [0.2, 0.25) is 0 Å². The van der Waals surface area contributed by atoms with Gasteiger partial charge in [-0.3, -0.25) is 0 Å². The molecule has 0 bridgehead atoms. The molecule has 0 spiro atoms. The summed E-state index contributed by atoms with van der Waals surface area (Å²) in [5.74, 6) is 0. The van der Waals surface area contributed by atoms with E-state index in [0.717, 1.165) is 17.1 Å². The fourth-order valence-corrected chi connectivity index (χ4v) is 8.79. The number of hydrogen-bond donors (Lipinski definition) is 0. The maximum absolute atomic E-state index is 2.40. The maximum Gasteiger partial charge on any atom is 0.0468 e. The van der Waals surface area contributed by atoms with E-state index in [2.05, 4.69) is 207 Å². The average molecular weight is 664 g/mol. The van der Waals surface area contributed by atoms with E-state index in [0.29, 0.717) is 0 Å². The number of hydrogen-bond acceptors (Lipinski definition) is 1. The maximum atomic E-state index is 2.40. The van der Waals surface area contributed by atoms with Crippen LogP contribution in [0.2, 0.25) is 0 Å². The number of nitrogens with zero attached hydrogens (tertiary/aromatic N) is 1. The molecule has 1 nitrogen and oxygen atoms in total. The van der Waals surface area contributed by atoms with Gasteiger partial charge in [-0.1, -0.05) is 166 Å². The van der Waals surface area contributed by atoms with Crippen molar-refractivity contribution in [1.29, 1.82) is 0 Å². The fourth-order valence-electron chi connectivity index (χ4n) is 8.79. The molecule has 0 fully saturated rings. The lowest BCUT2D eigenvalue weighted by molar-refractivity contribution is 0.662. The second-order valence-corrected chi connectivity index (χ2v) is 14.5. The molecule has 0 aromatic heterocycles. The second kappa shape index (κ2) is 11.8. The molecular formula is C51H37N. The van der Waals surface area contributed by atoms with Crippen molar-refractivity contribution in [3.63, 3.8) is 0 Å². The van der Waals surface area contributed by atoms with Crippen molar-refractivity contribution in [2.75, 3.05) is 4.90 Å². The SMILES string of the molecule is CC1(C)c2ccccc2-c2cccc(-c3ccc(N(c4ccc(-c5ccccc5)cc4)c4ccc5c6ccccc6c6ccccc6c5c4)cc3)c21. The molecule has 52 heavy (non-hydrogen) atoms. The minimum absolute atomic E-state index is 0.0776. The lowest BCUT2D eigenvalue weighted by Crippen LogP contribution is -2.16. The molecule has 0 saturated heterocycles. The van der Waals surface area contributed by atoms with Crippen molar-refractivity contribution in [3.05, 3.63) is 199 Å². The molecule has 0 unspecified atom stereocenters. The van der Waals surface area contributed by atoms with Gasteiger partial charge in [0.1, 0.15) is 0 Å². The van der Waals surface area contributed by atoms with Crippen LogP contribution in [0.15, 0.2) is 188 Å². The minimum Gasteiger partial charge on any atom is -0.310 e. The first-order chi connectivity index (χ1) is 25.6. The molecular weight excluding hydrogens is 627 g/mol. The number of rotatable bonds is 5. The average Bonchev–Trinajstić information content (AvgIpc) is 3.45. The molecule has 1 aliphatic carbocycles. The van der Waals surface area contributed by atoms with Gasteiger partial charge in [-0.05, 0) is 113 Å². The zero-order valence-corrected chi connectivity index (χ0v) is 29.3. The van der Waals surface area contributed by atoms with Crippen LogP contribution in [0.4, 0.5) is 17.1 Å². The minimum atomic E-state index is -0.0776. The van der Waals surface area contributed by atoms with Crippen molar-refractivity contribution < 1.29 is 0 Å². The van der Waals surface area contributed by atoms with Crippen LogP contribution < -0.4 is 4.90 Å². The van der Waals surface area contributed by atoms with Gasteiger partial charge in [0.25, 0.3) is 0 Å². The second-order valence-electron chi connectivity index (χ2n) is 14.5. The van der Waals surface area contributed by atoms with Gasteiger partial charge >= 0.3 is 0 Å². The Balaban J connectivity index is 1.13. The summed E-state index contributed by atoms with van der Waals surface area (Å²) in [4.78, 5) is 2.40. The Morgan fingerprint density at radius 1 is 0.327 bits per heavy atom. The van der Waals surface area contributed by atoms with Crippen LogP contribution in [0.5, 0.6) is 0 Å². The highest BCUT2D eigenvalue weighted by Gasteiger charge is 2.37. The molecule has 0 amide bonds. The third-order valence-electron chi connectivity index (χ3n) is 11.2. The van der Waals surface area contributed by atoms with Crippen molar-refractivity contribution in [2.24, 2.45) is 0 Å². The predicted molar refractivity (Wildman–Crippen MR) is 222 cm³/mol. The van der Waals surface area contributed by atoms with Crippen LogP contribution in [0.25, 0.3) is 65.7 Å². The summed E-state index contributed by atoms with van der Waals surface area (Å²) in [6.45, 7) is 4.73. The standard InChI is InChI=1S/C51H37N/c1-51(2)49-22-11-10-19-46(49)47-21-12-20-40(50(47)51)36-25-29-38(30-26-36)52(37-27-23-35(24-28-37)34-13-4-3-5-14-34)39-31-32-45-43-17-7-6-15-41(43)42-16-8-9-18-44(42)48(45)33-39/h3-33H,1-2H3. The molecule has 0 saturated carbocycles. The molecule has 0 heterocycles. The van der Waals surface area contributed by atoms with Crippen LogP contribution >= 0.6 is 0 Å². The summed E-state index contributed by atoms with van der Waals surface area (Å²) in [6, 6.07) is 69.0. The van der Waals surface area contributed by atoms with Crippen molar-refractivity contribution in [2.45, 2.75) is 19.3 Å². The van der Waals surface area contributed by atoms with Gasteiger partial charge in [0.05, 0.1) is 0 Å².